The van der Waals surface area contributed by atoms with E-state index in [1.807, 2.05) is 0 Å². The molecule has 0 aromatic carbocycles. The van der Waals surface area contributed by atoms with Gasteiger partial charge in [0.15, 0.2) is 0 Å². The van der Waals surface area contributed by atoms with Crippen molar-refractivity contribution in [3.05, 3.63) is 34.1 Å². The zero-order valence-electron chi connectivity index (χ0n) is 15.6. The molecule has 1 N–H and O–H groups in total. The molecule has 0 spiro atoms. The van der Waals surface area contributed by atoms with E-state index < -0.39 is 37.9 Å². The van der Waals surface area contributed by atoms with Crippen molar-refractivity contribution in [1.82, 2.24) is 4.98 Å². The Labute approximate surface area is 150 Å². The highest BCUT2D eigenvalue weighted by Crippen LogP contribution is 2.42. The second-order valence-corrected chi connectivity index (χ2v) is 10.9. The third-order valence-electron chi connectivity index (χ3n) is 4.72. The highest BCUT2D eigenvalue weighted by Gasteiger charge is 2.46. The Morgan fingerprint density at radius 2 is 2.12 bits per heavy atom. The molecule has 25 heavy (non-hydrogen) atoms. The molecule has 0 aliphatic carbocycles. The quantitative estimate of drug-likeness (QED) is 0.498. The molecule has 1 aromatic rings. The van der Waals surface area contributed by atoms with Gasteiger partial charge in [0.05, 0.1) is 28.3 Å². The van der Waals surface area contributed by atoms with Crippen LogP contribution in [-0.4, -0.2) is 41.9 Å². The number of aliphatic hydroxyl groups excluding tert-OH is 1. The van der Waals surface area contributed by atoms with Crippen molar-refractivity contribution in [2.75, 3.05) is 0 Å². The number of hydrogen-bond donors (Lipinski definition) is 1. The van der Waals surface area contributed by atoms with Crippen molar-refractivity contribution in [3.8, 4) is 0 Å². The lowest BCUT2D eigenvalue weighted by Crippen LogP contribution is -2.54. The van der Waals surface area contributed by atoms with Crippen LogP contribution in [0.15, 0.2) is 18.5 Å². The molecule has 0 amide bonds. The summed E-state index contributed by atoms with van der Waals surface area (Å²) in [7, 11) is -1.18. The fourth-order valence-electron chi connectivity index (χ4n) is 2.80. The maximum atomic E-state index is 11.3. The van der Waals surface area contributed by atoms with Crippen LogP contribution >= 0.6 is 0 Å². The number of pyridine rings is 1. The van der Waals surface area contributed by atoms with E-state index in [1.165, 1.54) is 12.4 Å². The zero-order chi connectivity index (χ0) is 19.0. The summed E-state index contributed by atoms with van der Waals surface area (Å²) in [6.45, 7) is 12.0. The lowest BCUT2D eigenvalue weighted by molar-refractivity contribution is -0.387. The van der Waals surface area contributed by atoms with Crippen LogP contribution in [0.25, 0.3) is 0 Å². The number of nitrogens with zero attached hydrogens (tertiary/aromatic N) is 2. The van der Waals surface area contributed by atoms with Crippen molar-refractivity contribution in [1.29, 1.82) is 0 Å². The lowest BCUT2D eigenvalue weighted by atomic mass is 9.87. The second-order valence-electron chi connectivity index (χ2n) is 8.04. The largest absolute Gasteiger partial charge is 0.411 e. The number of aliphatic hydroxyl groups is 1. The molecule has 0 bridgehead atoms. The first-order valence-corrected chi connectivity index (χ1v) is 10.3. The summed E-state index contributed by atoms with van der Waals surface area (Å²) in [6, 6.07) is 1.61. The van der Waals surface area contributed by atoms with Crippen LogP contribution in [0.3, 0.4) is 0 Å². The molecule has 7 nitrogen and oxygen atoms in total. The Bertz CT molecular complexity index is 632. The van der Waals surface area contributed by atoms with Crippen LogP contribution in [0.5, 0.6) is 0 Å². The average Bonchev–Trinajstić information content (AvgIpc) is 2.50. The number of aromatic nitrogens is 1. The van der Waals surface area contributed by atoms with Gasteiger partial charge in [0.1, 0.15) is 12.3 Å². The van der Waals surface area contributed by atoms with Crippen LogP contribution in [0.2, 0.25) is 11.6 Å². The first-order valence-electron chi connectivity index (χ1n) is 8.38. The molecular weight excluding hydrogens is 340 g/mol. The molecule has 1 aromatic heterocycles. The number of nitro groups is 1. The minimum absolute atomic E-state index is 0.0188. The summed E-state index contributed by atoms with van der Waals surface area (Å²) in [5.41, 5.74) is -0.476. The average molecular weight is 367 g/mol. The fourth-order valence-corrected chi connectivity index (χ4v) is 3.83. The molecule has 1 fully saturated rings. The van der Waals surface area contributed by atoms with Crippen LogP contribution in [-0.2, 0) is 9.16 Å². The van der Waals surface area contributed by atoms with E-state index in [4.69, 9.17) is 9.16 Å². The molecule has 1 aliphatic rings. The van der Waals surface area contributed by atoms with Crippen molar-refractivity contribution >= 4 is 14.7 Å². The maximum absolute atomic E-state index is 11.3. The predicted molar refractivity (Wildman–Crippen MR) is 95.6 cm³/mol. The van der Waals surface area contributed by atoms with Gasteiger partial charge in [-0.1, -0.05) is 20.8 Å². The van der Waals surface area contributed by atoms with Crippen molar-refractivity contribution in [3.63, 3.8) is 0 Å². The molecule has 2 heterocycles. The van der Waals surface area contributed by atoms with E-state index in [0.29, 0.717) is 12.0 Å². The van der Waals surface area contributed by atoms with Gasteiger partial charge < -0.3 is 14.3 Å². The normalized spacial score (nSPS) is 26.6. The Balaban J connectivity index is 2.32. The Morgan fingerprint density at radius 1 is 1.48 bits per heavy atom. The van der Waals surface area contributed by atoms with Gasteiger partial charge >= 0.3 is 0 Å². The molecule has 1 aliphatic heterocycles. The number of rotatable bonds is 4. The van der Waals surface area contributed by atoms with Gasteiger partial charge in [-0.25, -0.2) is 0 Å². The Morgan fingerprint density at radius 3 is 2.68 bits per heavy atom. The highest BCUT2D eigenvalue weighted by molar-refractivity contribution is 6.53. The summed E-state index contributed by atoms with van der Waals surface area (Å²) in [6.07, 6.45) is 1.36. The third kappa shape index (κ3) is 4.44. The SMILES string of the molecule is C[Si](O[C@H]1C[C@H](c2ccncc2[N+](=O)[O-])OC(C)(C)[C@H]1O)C(C)(C)C. The van der Waals surface area contributed by atoms with Crippen LogP contribution in [0.1, 0.15) is 52.7 Å². The standard InChI is InChI=1S/C17H27N2O5Si/c1-16(2,3)25(6)24-14-9-13(23-17(4,5)15(14)20)11-7-8-18-10-12(11)19(21)22/h7-8,10,13-15,20H,9H2,1-6H3/t13-,14+,15+/m1/s1. The summed E-state index contributed by atoms with van der Waals surface area (Å²) in [5.74, 6) is 0. The van der Waals surface area contributed by atoms with E-state index in [1.54, 1.807) is 19.9 Å². The molecule has 0 unspecified atom stereocenters. The van der Waals surface area contributed by atoms with E-state index >= 15 is 0 Å². The first-order chi connectivity index (χ1) is 11.4. The number of hydrogen-bond acceptors (Lipinski definition) is 6. The first kappa shape index (κ1) is 20.0. The monoisotopic (exact) mass is 367 g/mol. The second kappa shape index (κ2) is 7.11. The molecule has 2 rings (SSSR count). The van der Waals surface area contributed by atoms with E-state index in [0.717, 1.165) is 0 Å². The smallest absolute Gasteiger partial charge is 0.293 e. The zero-order valence-corrected chi connectivity index (χ0v) is 16.6. The van der Waals surface area contributed by atoms with Gasteiger partial charge in [-0.2, -0.15) is 0 Å². The van der Waals surface area contributed by atoms with Crippen molar-refractivity contribution in [2.24, 2.45) is 0 Å². The van der Waals surface area contributed by atoms with E-state index in [2.05, 4.69) is 32.3 Å². The molecule has 0 saturated carbocycles. The minimum atomic E-state index is -1.18. The summed E-state index contributed by atoms with van der Waals surface area (Å²) < 4.78 is 12.3. The van der Waals surface area contributed by atoms with E-state index in [-0.39, 0.29) is 10.7 Å². The minimum Gasteiger partial charge on any atom is -0.411 e. The maximum Gasteiger partial charge on any atom is 0.293 e. The Hall–Kier alpha value is -1.35. The summed E-state index contributed by atoms with van der Waals surface area (Å²) in [5, 5.41) is 22.0. The fraction of sp³-hybridized carbons (Fsp3) is 0.706. The van der Waals surface area contributed by atoms with Gasteiger partial charge in [0.2, 0.25) is 9.04 Å². The highest BCUT2D eigenvalue weighted by atomic mass is 28.3. The molecule has 1 saturated heterocycles. The third-order valence-corrected chi connectivity index (χ3v) is 7.49. The van der Waals surface area contributed by atoms with Gasteiger partial charge in [-0.3, -0.25) is 15.1 Å². The topological polar surface area (TPSA) is 94.7 Å². The molecule has 3 atom stereocenters. The van der Waals surface area contributed by atoms with Crippen molar-refractivity contribution in [2.45, 2.75) is 76.5 Å². The summed E-state index contributed by atoms with van der Waals surface area (Å²) in [4.78, 5) is 14.7. The van der Waals surface area contributed by atoms with Gasteiger partial charge in [0.25, 0.3) is 5.69 Å². The van der Waals surface area contributed by atoms with Gasteiger partial charge in [0, 0.05) is 12.6 Å². The predicted octanol–water partition coefficient (Wildman–Crippen LogP) is 3.40. The van der Waals surface area contributed by atoms with E-state index in [9.17, 15) is 15.2 Å². The van der Waals surface area contributed by atoms with Gasteiger partial charge in [-0.05, 0) is 31.5 Å². The molecular formula is C17H27N2O5Si. The van der Waals surface area contributed by atoms with Crippen molar-refractivity contribution < 1.29 is 19.2 Å². The van der Waals surface area contributed by atoms with Crippen LogP contribution < -0.4 is 0 Å². The molecule has 139 valence electrons. The summed E-state index contributed by atoms with van der Waals surface area (Å²) >= 11 is 0. The van der Waals surface area contributed by atoms with Crippen LogP contribution in [0.4, 0.5) is 5.69 Å². The van der Waals surface area contributed by atoms with Crippen LogP contribution in [0, 0.1) is 10.1 Å². The molecule has 1 radical (unpaired) electrons. The number of ether oxygens (including phenoxy) is 1. The molecule has 8 heteroatoms. The lowest BCUT2D eigenvalue weighted by Gasteiger charge is -2.46. The Kier molecular flexibility index (Phi) is 5.67. The van der Waals surface area contributed by atoms with Gasteiger partial charge in [-0.15, -0.1) is 0 Å².